The largest absolute Gasteiger partial charge is 0.436 e. The predicted molar refractivity (Wildman–Crippen MR) is 115 cm³/mol. The van der Waals surface area contributed by atoms with Gasteiger partial charge in [-0.1, -0.05) is 60.5 Å². The molecule has 1 heterocycles. The fraction of sp³-hybridized carbons (Fsp3) is 0.500. The van der Waals surface area contributed by atoms with Gasteiger partial charge in [0.05, 0.1) is 0 Å². The van der Waals surface area contributed by atoms with E-state index in [-0.39, 0.29) is 6.15 Å². The molecule has 7 heteroatoms. The average Bonchev–Trinajstić information content (AvgIpc) is 3.09. The van der Waals surface area contributed by atoms with Crippen LogP contribution >= 0.6 is 0 Å². The number of aromatic nitrogens is 3. The van der Waals surface area contributed by atoms with E-state index in [0.717, 1.165) is 23.4 Å². The van der Waals surface area contributed by atoms with Gasteiger partial charge in [-0.15, -0.1) is 10.6 Å². The van der Waals surface area contributed by atoms with E-state index in [1.165, 1.54) is 0 Å². The molecular formula is C22H31N3O3Si. The van der Waals surface area contributed by atoms with E-state index in [2.05, 4.69) is 68.4 Å². The number of rotatable bonds is 6. The minimum atomic E-state index is -1.74. The van der Waals surface area contributed by atoms with Crippen LogP contribution in [0.15, 0.2) is 24.3 Å². The third-order valence-corrected chi connectivity index (χ3v) is 11.5. The second kappa shape index (κ2) is 11.4. The first-order valence-electron chi connectivity index (χ1n) is 9.92. The highest BCUT2D eigenvalue weighted by atomic mass is 28.3. The summed E-state index contributed by atoms with van der Waals surface area (Å²) in [6.07, 6.45) is 1.02. The second-order valence-electron chi connectivity index (χ2n) is 7.79. The van der Waals surface area contributed by atoms with E-state index in [4.69, 9.17) is 14.3 Å². The van der Waals surface area contributed by atoms with Crippen molar-refractivity contribution in [1.29, 1.82) is 0 Å². The Kier molecular flexibility index (Phi) is 9.53. The summed E-state index contributed by atoms with van der Waals surface area (Å²) in [5, 5.41) is 10.8. The number of aromatic amines is 1. The van der Waals surface area contributed by atoms with Crippen LogP contribution in [0.2, 0.25) is 16.6 Å². The number of nitrogens with one attached hydrogen (secondary N) is 1. The summed E-state index contributed by atoms with van der Waals surface area (Å²) in [4.78, 5) is 16.2. The van der Waals surface area contributed by atoms with Crippen molar-refractivity contribution >= 4 is 14.2 Å². The predicted octanol–water partition coefficient (Wildman–Crippen LogP) is 5.15. The maximum absolute atomic E-state index is 8.12. The smallest absolute Gasteiger partial charge is 0.373 e. The van der Waals surface area contributed by atoms with Crippen molar-refractivity contribution in [3.63, 3.8) is 0 Å². The molecule has 0 spiro atoms. The summed E-state index contributed by atoms with van der Waals surface area (Å²) in [5.41, 5.74) is 7.44. The van der Waals surface area contributed by atoms with E-state index >= 15 is 0 Å². The molecule has 1 aromatic carbocycles. The van der Waals surface area contributed by atoms with Gasteiger partial charge < -0.3 is 4.74 Å². The average molecular weight is 414 g/mol. The number of hydrogen-bond acceptors (Lipinski definition) is 5. The zero-order valence-corrected chi connectivity index (χ0v) is 19.4. The number of hydrogen-bond donors (Lipinski definition) is 1. The molecule has 0 aliphatic heterocycles. The Morgan fingerprint density at radius 3 is 2.14 bits per heavy atom. The van der Waals surface area contributed by atoms with E-state index in [1.807, 2.05) is 31.2 Å². The van der Waals surface area contributed by atoms with Gasteiger partial charge in [-0.3, -0.25) is 0 Å². The zero-order chi connectivity index (χ0) is 22.0. The molecule has 0 amide bonds. The highest BCUT2D eigenvalue weighted by molar-refractivity contribution is 6.90. The monoisotopic (exact) mass is 413 g/mol. The Hall–Kier alpha value is -2.68. The summed E-state index contributed by atoms with van der Waals surface area (Å²) in [5.74, 6) is 4.74. The van der Waals surface area contributed by atoms with Gasteiger partial charge in [0.15, 0.2) is 0 Å². The molecule has 156 valence electrons. The Labute approximate surface area is 174 Å². The van der Waals surface area contributed by atoms with Crippen LogP contribution in [0.1, 0.15) is 59.7 Å². The maximum Gasteiger partial charge on any atom is 0.373 e. The molecule has 0 bridgehead atoms. The number of benzene rings is 1. The van der Waals surface area contributed by atoms with Gasteiger partial charge in [0, 0.05) is 5.56 Å². The van der Waals surface area contributed by atoms with Gasteiger partial charge in [-0.25, -0.2) is 0 Å². The molecular weight excluding hydrogens is 382 g/mol. The van der Waals surface area contributed by atoms with Crippen LogP contribution in [-0.4, -0.2) is 29.6 Å². The van der Waals surface area contributed by atoms with E-state index in [1.54, 1.807) is 0 Å². The summed E-state index contributed by atoms with van der Waals surface area (Å²) < 4.78 is 5.89. The molecule has 0 radical (unpaired) electrons. The van der Waals surface area contributed by atoms with Crippen molar-refractivity contribution in [2.45, 2.75) is 71.5 Å². The van der Waals surface area contributed by atoms with Crippen molar-refractivity contribution in [3.8, 4) is 23.1 Å². The van der Waals surface area contributed by atoms with Gasteiger partial charge in [-0.2, -0.15) is 19.9 Å². The van der Waals surface area contributed by atoms with Crippen LogP contribution in [0.3, 0.4) is 0 Å². The first kappa shape index (κ1) is 24.4. The van der Waals surface area contributed by atoms with Crippen LogP contribution < -0.4 is 4.74 Å². The van der Waals surface area contributed by atoms with Crippen LogP contribution in [0.4, 0.5) is 0 Å². The Bertz CT molecular complexity index is 851. The van der Waals surface area contributed by atoms with Crippen molar-refractivity contribution in [2.75, 3.05) is 0 Å². The third kappa shape index (κ3) is 6.15. The standard InChI is InChI=1S/C21H31N3OSi.CO2/c1-8-20-21(23-24-22-20)25-19-11-9-10-18(14-19)12-13-26(15(2)3,16(4)5)17(6)7;2-1-3/h9-11,14-17H,8H2,1-7H3,(H,22,23,24);. The topological polar surface area (TPSA) is 84.9 Å². The van der Waals surface area contributed by atoms with Gasteiger partial charge in [0.2, 0.25) is 0 Å². The van der Waals surface area contributed by atoms with Crippen molar-refractivity contribution in [1.82, 2.24) is 15.4 Å². The number of carbonyl (C=O) groups excluding carboxylic acids is 2. The van der Waals surface area contributed by atoms with E-state index in [0.29, 0.717) is 22.5 Å². The lowest BCUT2D eigenvalue weighted by Crippen LogP contribution is -2.43. The van der Waals surface area contributed by atoms with Gasteiger partial charge in [0.1, 0.15) is 19.5 Å². The summed E-state index contributed by atoms with van der Waals surface area (Å²) in [6.45, 7) is 16.0. The molecule has 0 fully saturated rings. The lowest BCUT2D eigenvalue weighted by molar-refractivity contribution is -0.191. The zero-order valence-electron chi connectivity index (χ0n) is 18.4. The highest BCUT2D eigenvalue weighted by Gasteiger charge is 2.41. The SMILES string of the molecule is CCc1n[nH]nc1Oc1cccc(C#C[Si](C(C)C)(C(C)C)C(C)C)c1.O=C=O. The number of aryl methyl sites for hydroxylation is 1. The normalized spacial score (nSPS) is 10.8. The molecule has 1 N–H and O–H groups in total. The Morgan fingerprint density at radius 2 is 1.62 bits per heavy atom. The second-order valence-corrected chi connectivity index (χ2v) is 13.4. The number of nitrogens with zero attached hydrogens (tertiary/aromatic N) is 2. The fourth-order valence-corrected chi connectivity index (χ4v) is 9.14. The molecule has 6 nitrogen and oxygen atoms in total. The van der Waals surface area contributed by atoms with Crippen molar-refractivity contribution < 1.29 is 14.3 Å². The molecule has 0 unspecified atom stereocenters. The van der Waals surface area contributed by atoms with Crippen LogP contribution in [0.25, 0.3) is 0 Å². The van der Waals surface area contributed by atoms with Crippen molar-refractivity contribution in [3.05, 3.63) is 35.5 Å². The summed E-state index contributed by atoms with van der Waals surface area (Å²) in [6, 6.07) is 7.94. The Morgan fingerprint density at radius 1 is 1.03 bits per heavy atom. The molecule has 0 aliphatic carbocycles. The third-order valence-electron chi connectivity index (χ3n) is 5.26. The van der Waals surface area contributed by atoms with Crippen LogP contribution in [0, 0.1) is 11.5 Å². The quantitative estimate of drug-likeness (QED) is 0.523. The Balaban J connectivity index is 0.00000132. The van der Waals surface area contributed by atoms with Crippen LogP contribution in [-0.2, 0) is 16.0 Å². The summed E-state index contributed by atoms with van der Waals surface area (Å²) >= 11 is 0. The summed E-state index contributed by atoms with van der Waals surface area (Å²) in [7, 11) is -1.74. The van der Waals surface area contributed by atoms with E-state index < -0.39 is 8.07 Å². The van der Waals surface area contributed by atoms with Gasteiger partial charge in [-0.05, 0) is 41.2 Å². The number of ether oxygens (including phenoxy) is 1. The minimum Gasteiger partial charge on any atom is -0.436 e. The molecule has 29 heavy (non-hydrogen) atoms. The first-order valence-corrected chi connectivity index (χ1v) is 12.2. The molecule has 0 atom stereocenters. The molecule has 1 aromatic heterocycles. The minimum absolute atomic E-state index is 0.250. The molecule has 2 aromatic rings. The van der Waals surface area contributed by atoms with Crippen LogP contribution in [0.5, 0.6) is 11.6 Å². The molecule has 0 aliphatic rings. The highest BCUT2D eigenvalue weighted by Crippen LogP contribution is 2.40. The van der Waals surface area contributed by atoms with E-state index in [9.17, 15) is 0 Å². The first-order chi connectivity index (χ1) is 13.7. The van der Waals surface area contributed by atoms with Crippen molar-refractivity contribution in [2.24, 2.45) is 0 Å². The van der Waals surface area contributed by atoms with Gasteiger partial charge >= 0.3 is 6.15 Å². The molecule has 2 rings (SSSR count). The lowest BCUT2D eigenvalue weighted by atomic mass is 10.2. The lowest BCUT2D eigenvalue weighted by Gasteiger charge is -2.38. The fourth-order valence-electron chi connectivity index (χ4n) is 3.92. The van der Waals surface area contributed by atoms with Gasteiger partial charge in [0.25, 0.3) is 5.88 Å². The molecule has 0 saturated heterocycles. The maximum atomic E-state index is 8.12. The number of H-pyrrole nitrogens is 1. The molecule has 0 saturated carbocycles.